The monoisotopic (exact) mass is 823 g/mol. The average molecular weight is 825 g/mol. The zero-order chi connectivity index (χ0) is 39.3. The summed E-state index contributed by atoms with van der Waals surface area (Å²) in [7, 11) is -7.49. The molecular weight excluding hydrogens is 781 g/mol. The van der Waals surface area contributed by atoms with Crippen molar-refractivity contribution in [2.24, 2.45) is 0 Å². The minimum absolute atomic E-state index is 0.0270. The fourth-order valence-electron chi connectivity index (χ4n) is 6.81. The van der Waals surface area contributed by atoms with E-state index in [0.29, 0.717) is 37.8 Å². The normalized spacial score (nSPS) is 21.2. The standard InChI is InChI=1S/C21H25Cl2N3O4S.C15H18N2O5S/c1-2-17(12-18(23)19(27)13-22)31(29,30)26-10-8-21(9-11-26)24-20(28)15-25(21)14-16-6-4-3-5-7-16;1-11(18)12-2-4-13(5-3-12)23(20,21)17-8-6-15(7-9-17)16-14(19)10-22-15/h2-7,12,27H,1,8-11,13-15H2,(H,24,28);2-5H,6-10H2,1H3,(H,16,19)/b17-12+,19-18-;. The second-order valence-electron chi connectivity index (χ2n) is 13.3. The van der Waals surface area contributed by atoms with Crippen LogP contribution in [0.1, 0.15) is 48.5 Å². The van der Waals surface area contributed by atoms with Crippen LogP contribution in [0.3, 0.4) is 0 Å². The fraction of sp³-hybridized carbons (Fsp3) is 0.417. The van der Waals surface area contributed by atoms with Crippen LogP contribution in [0.2, 0.25) is 0 Å². The number of ether oxygens (including phenoxy) is 1. The van der Waals surface area contributed by atoms with Gasteiger partial charge >= 0.3 is 0 Å². The van der Waals surface area contributed by atoms with Crippen molar-refractivity contribution in [2.75, 3.05) is 45.2 Å². The van der Waals surface area contributed by atoms with Gasteiger partial charge in [-0.25, -0.2) is 16.8 Å². The first-order chi connectivity index (χ1) is 25.5. The molecule has 0 aliphatic carbocycles. The number of hydrogen-bond donors (Lipinski definition) is 3. The smallest absolute Gasteiger partial charge is 0.248 e. The second kappa shape index (κ2) is 17.0. The lowest BCUT2D eigenvalue weighted by Gasteiger charge is -2.43. The lowest BCUT2D eigenvalue weighted by Crippen LogP contribution is -2.58. The number of rotatable bonds is 10. The molecule has 0 radical (unpaired) electrons. The van der Waals surface area contributed by atoms with Gasteiger partial charge in [0.2, 0.25) is 31.9 Å². The topological polar surface area (TPSA) is 183 Å². The van der Waals surface area contributed by atoms with Crippen LogP contribution in [-0.4, -0.2) is 110 Å². The Morgan fingerprint density at radius 3 is 2.07 bits per heavy atom. The van der Waals surface area contributed by atoms with Crippen LogP contribution in [-0.2, 0) is 40.9 Å². The molecule has 0 unspecified atom stereocenters. The van der Waals surface area contributed by atoms with E-state index in [0.717, 1.165) is 11.6 Å². The van der Waals surface area contributed by atoms with Gasteiger partial charge in [-0.3, -0.25) is 19.3 Å². The van der Waals surface area contributed by atoms with E-state index in [1.165, 1.54) is 45.9 Å². The van der Waals surface area contributed by atoms with Crippen molar-refractivity contribution >= 4 is 60.8 Å². The molecule has 6 rings (SSSR count). The van der Waals surface area contributed by atoms with Crippen molar-refractivity contribution in [3.63, 3.8) is 0 Å². The van der Waals surface area contributed by atoms with Crippen LogP contribution in [0.25, 0.3) is 0 Å². The van der Waals surface area contributed by atoms with Gasteiger partial charge in [0.1, 0.15) is 18.1 Å². The molecule has 4 aliphatic rings. The van der Waals surface area contributed by atoms with Gasteiger partial charge in [0.25, 0.3) is 0 Å². The molecule has 4 heterocycles. The number of nitrogens with one attached hydrogen (secondary N) is 2. The Hall–Kier alpha value is -3.61. The highest BCUT2D eigenvalue weighted by Gasteiger charge is 2.48. The van der Waals surface area contributed by atoms with Gasteiger partial charge in [0.05, 0.1) is 32.9 Å². The number of benzene rings is 2. The number of aliphatic hydroxyl groups excluding tert-OH is 1. The molecule has 2 spiro atoms. The van der Waals surface area contributed by atoms with Crippen molar-refractivity contribution in [2.45, 2.75) is 55.4 Å². The van der Waals surface area contributed by atoms with E-state index >= 15 is 0 Å². The molecule has 0 atom stereocenters. The lowest BCUT2D eigenvalue weighted by atomic mass is 9.97. The summed E-state index contributed by atoms with van der Waals surface area (Å²) in [5.74, 6) is -0.889. The van der Waals surface area contributed by atoms with E-state index < -0.39 is 31.4 Å². The lowest BCUT2D eigenvalue weighted by molar-refractivity contribution is -0.120. The molecule has 0 saturated carbocycles. The number of carbonyl (C=O) groups excluding carboxylic acids is 3. The first-order valence-electron chi connectivity index (χ1n) is 17.2. The van der Waals surface area contributed by atoms with Gasteiger partial charge in [-0.15, -0.1) is 11.6 Å². The summed E-state index contributed by atoms with van der Waals surface area (Å²) in [6.07, 6.45) is 4.07. The number of aliphatic hydroxyl groups is 1. The summed E-state index contributed by atoms with van der Waals surface area (Å²) in [6.45, 7) is 6.90. The summed E-state index contributed by atoms with van der Waals surface area (Å²) in [6, 6.07) is 15.8. The molecule has 14 nitrogen and oxygen atoms in total. The van der Waals surface area contributed by atoms with Crippen LogP contribution in [0.5, 0.6) is 0 Å². The predicted octanol–water partition coefficient (Wildman–Crippen LogP) is 3.57. The van der Waals surface area contributed by atoms with Gasteiger partial charge < -0.3 is 20.5 Å². The Morgan fingerprint density at radius 1 is 0.926 bits per heavy atom. The Kier molecular flexibility index (Phi) is 13.1. The summed E-state index contributed by atoms with van der Waals surface area (Å²) in [5, 5.41) is 15.3. The predicted molar refractivity (Wildman–Crippen MR) is 203 cm³/mol. The summed E-state index contributed by atoms with van der Waals surface area (Å²) in [4.78, 5) is 36.9. The number of nitrogens with zero attached hydrogens (tertiary/aromatic N) is 3. The third kappa shape index (κ3) is 9.25. The van der Waals surface area contributed by atoms with Crippen LogP contribution in [0.15, 0.2) is 93.9 Å². The quantitative estimate of drug-likeness (QED) is 0.139. The third-order valence-corrected chi connectivity index (χ3v) is 14.3. The molecule has 54 heavy (non-hydrogen) atoms. The van der Waals surface area contributed by atoms with Crippen LogP contribution in [0.4, 0.5) is 0 Å². The number of allylic oxidation sites excluding steroid dienone is 4. The zero-order valence-electron chi connectivity index (χ0n) is 29.7. The highest BCUT2D eigenvalue weighted by atomic mass is 35.5. The number of halogens is 2. The highest BCUT2D eigenvalue weighted by Crippen LogP contribution is 2.34. The molecule has 292 valence electrons. The number of alkyl halides is 1. The molecule has 4 aliphatic heterocycles. The SMILES string of the molecule is C=C/C(=C\C(Cl)=C(\O)CCl)S(=O)(=O)N1CCC2(CC1)NC(=O)CN2Cc1ccccc1.CC(=O)c1ccc(S(=O)(=O)N2CCC3(CC2)NC(=O)CO3)cc1. The molecule has 2 aromatic carbocycles. The molecular formula is C36H43Cl2N5O9S2. The molecule has 2 amide bonds. The molecule has 0 bridgehead atoms. The van der Waals surface area contributed by atoms with Crippen molar-refractivity contribution < 1.29 is 41.1 Å². The first kappa shape index (κ1) is 41.6. The Labute approximate surface area is 325 Å². The van der Waals surface area contributed by atoms with Crippen molar-refractivity contribution in [3.05, 3.63) is 100 Å². The van der Waals surface area contributed by atoms with Crippen LogP contribution >= 0.6 is 23.2 Å². The van der Waals surface area contributed by atoms with E-state index in [2.05, 4.69) is 22.1 Å². The average Bonchev–Trinajstić information content (AvgIpc) is 3.67. The Balaban J connectivity index is 0.000000217. The van der Waals surface area contributed by atoms with Crippen molar-refractivity contribution in [1.82, 2.24) is 24.1 Å². The van der Waals surface area contributed by atoms with Gasteiger partial charge in [-0.1, -0.05) is 60.6 Å². The zero-order valence-corrected chi connectivity index (χ0v) is 32.8. The molecule has 18 heteroatoms. The third-order valence-electron chi connectivity index (χ3n) is 9.86. The number of sulfonamides is 2. The maximum atomic E-state index is 13.1. The van der Waals surface area contributed by atoms with Crippen molar-refractivity contribution in [3.8, 4) is 0 Å². The van der Waals surface area contributed by atoms with Gasteiger partial charge in [-0.2, -0.15) is 8.61 Å². The van der Waals surface area contributed by atoms with Crippen LogP contribution < -0.4 is 10.6 Å². The van der Waals surface area contributed by atoms with Gasteiger partial charge in [0, 0.05) is 51.1 Å². The number of Topliss-reactive ketones (excluding diaryl/α,β-unsaturated/α-hetero) is 1. The maximum absolute atomic E-state index is 13.1. The summed E-state index contributed by atoms with van der Waals surface area (Å²) >= 11 is 11.5. The Bertz CT molecular complexity index is 2030. The summed E-state index contributed by atoms with van der Waals surface area (Å²) in [5.41, 5.74) is 0.266. The van der Waals surface area contributed by atoms with Gasteiger partial charge in [0.15, 0.2) is 5.78 Å². The van der Waals surface area contributed by atoms with Crippen molar-refractivity contribution in [1.29, 1.82) is 0 Å². The number of hydrogen-bond acceptors (Lipinski definition) is 10. The van der Waals surface area contributed by atoms with Crippen LogP contribution in [0, 0.1) is 0 Å². The summed E-state index contributed by atoms with van der Waals surface area (Å²) < 4.78 is 59.7. The van der Waals surface area contributed by atoms with E-state index in [9.17, 15) is 36.3 Å². The molecule has 4 saturated heterocycles. The van der Waals surface area contributed by atoms with E-state index in [1.54, 1.807) is 0 Å². The number of piperidine rings is 2. The van der Waals surface area contributed by atoms with E-state index in [4.69, 9.17) is 27.9 Å². The van der Waals surface area contributed by atoms with Gasteiger partial charge in [-0.05, 0) is 49.6 Å². The minimum atomic E-state index is -3.87. The molecule has 3 N–H and O–H groups in total. The van der Waals surface area contributed by atoms with E-state index in [-0.39, 0.29) is 83.4 Å². The maximum Gasteiger partial charge on any atom is 0.248 e. The second-order valence-corrected chi connectivity index (χ2v) is 17.9. The molecule has 4 fully saturated rings. The number of ketones is 1. The molecule has 0 aromatic heterocycles. The number of carbonyl (C=O) groups is 3. The minimum Gasteiger partial charge on any atom is -0.509 e. The fourth-order valence-corrected chi connectivity index (χ4v) is 10.2. The largest absolute Gasteiger partial charge is 0.509 e. The number of amides is 2. The van der Waals surface area contributed by atoms with E-state index in [1.807, 2.05) is 30.3 Å². The highest BCUT2D eigenvalue weighted by molar-refractivity contribution is 7.93. The molecule has 2 aromatic rings. The Morgan fingerprint density at radius 2 is 1.54 bits per heavy atom. The first-order valence-corrected chi connectivity index (χ1v) is 21.0.